The summed E-state index contributed by atoms with van der Waals surface area (Å²) in [6, 6.07) is 21.9. The molecule has 0 radical (unpaired) electrons. The van der Waals surface area contributed by atoms with E-state index in [0.29, 0.717) is 11.4 Å². The number of alkyl halides is 2. The summed E-state index contributed by atoms with van der Waals surface area (Å²) < 4.78 is 11.7. The molecule has 0 saturated carbocycles. The summed E-state index contributed by atoms with van der Waals surface area (Å²) in [4.78, 5) is 79.0. The van der Waals surface area contributed by atoms with Gasteiger partial charge in [0.15, 0.2) is 23.1 Å². The van der Waals surface area contributed by atoms with E-state index >= 15 is 0 Å². The predicted molar refractivity (Wildman–Crippen MR) is 255 cm³/mol. The minimum Gasteiger partial charge on any atom is -0.488 e. The number of azo groups is 2. The fourth-order valence-corrected chi connectivity index (χ4v) is 6.59. The van der Waals surface area contributed by atoms with E-state index in [1.54, 1.807) is 50.2 Å². The molecule has 5 aromatic rings. The number of carbonyl (C=O) groups excluding carboxylic acids is 6. The largest absolute Gasteiger partial charge is 0.488 e. The van der Waals surface area contributed by atoms with Gasteiger partial charge in [0.2, 0.25) is 12.1 Å². The molecule has 0 aliphatic rings. The maximum atomic E-state index is 13.7. The van der Waals surface area contributed by atoms with Crippen LogP contribution in [0.2, 0.25) is 10.0 Å². The number of ketones is 2. The molecule has 2 atom stereocenters. The Labute approximate surface area is 399 Å². The van der Waals surface area contributed by atoms with Crippen LogP contribution in [-0.2, 0) is 30.9 Å². The summed E-state index contributed by atoms with van der Waals surface area (Å²) in [5.74, 6) is -3.68. The first-order valence-corrected chi connectivity index (χ1v) is 21.9. The van der Waals surface area contributed by atoms with Crippen LogP contribution in [-0.4, -0.2) is 60.5 Å². The van der Waals surface area contributed by atoms with Gasteiger partial charge in [0.25, 0.3) is 23.6 Å². The highest BCUT2D eigenvalue weighted by molar-refractivity contribution is 6.33. The van der Waals surface area contributed by atoms with E-state index in [9.17, 15) is 28.8 Å². The highest BCUT2D eigenvalue weighted by atomic mass is 35.5. The molecule has 0 spiro atoms. The third kappa shape index (κ3) is 13.4. The van der Waals surface area contributed by atoms with Gasteiger partial charge in [0.05, 0.1) is 34.6 Å². The molecule has 4 N–H and O–H groups in total. The van der Waals surface area contributed by atoms with E-state index in [0.717, 1.165) is 25.0 Å². The van der Waals surface area contributed by atoms with Gasteiger partial charge < -0.3 is 30.7 Å². The maximum Gasteiger partial charge on any atom is 0.258 e. The van der Waals surface area contributed by atoms with Crippen molar-refractivity contribution < 1.29 is 38.2 Å². The van der Waals surface area contributed by atoms with Gasteiger partial charge in [0, 0.05) is 34.3 Å². The Balaban J connectivity index is 1.34. The van der Waals surface area contributed by atoms with Crippen molar-refractivity contribution >= 4 is 116 Å². The minimum atomic E-state index is -1.68. The molecule has 66 heavy (non-hydrogen) atoms. The number of carbonyl (C=O) groups is 6. The molecule has 5 aromatic carbocycles. The molecule has 0 heterocycles. The van der Waals surface area contributed by atoms with Crippen molar-refractivity contribution in [2.45, 2.75) is 51.5 Å². The van der Waals surface area contributed by atoms with Gasteiger partial charge in [-0.2, -0.15) is 20.5 Å². The van der Waals surface area contributed by atoms with Gasteiger partial charge in [-0.05, 0) is 112 Å². The summed E-state index contributed by atoms with van der Waals surface area (Å²) in [6.07, 6.45) is 0. The molecule has 0 aliphatic heterocycles. The number of benzene rings is 5. The molecule has 342 valence electrons. The lowest BCUT2D eigenvalue weighted by Gasteiger charge is -2.20. The zero-order valence-electron chi connectivity index (χ0n) is 35.8. The standard InChI is InChI=1S/C46H42Cl4N8O8/c1-5-65-41-35(53-45(63)39(25(3)59)57-55-37-21-29(13-15-33(37)49)43(61)51-31-11-7-9-27(19-31)23-47)17-18-36(42(41)66-6-2)54-46(64)40(26(4)60)58-56-38-22-30(14-16-34(38)50)44(62)52-32-12-8-10-28(20-32)24-48/h7-22,39-40H,5-6,23-24H2,1-4H3,(H,51,61)(H,52,62)(H,53,63)(H,54,64). The summed E-state index contributed by atoms with van der Waals surface area (Å²) in [7, 11) is 0. The molecule has 16 nitrogen and oxygen atoms in total. The Hall–Kier alpha value is -6.72. The number of ether oxygens (including phenoxy) is 2. The summed E-state index contributed by atoms with van der Waals surface area (Å²) in [5, 5.41) is 27.1. The number of anilines is 4. The van der Waals surface area contributed by atoms with Gasteiger partial charge in [-0.25, -0.2) is 0 Å². The van der Waals surface area contributed by atoms with Crippen LogP contribution >= 0.6 is 46.4 Å². The van der Waals surface area contributed by atoms with Crippen LogP contribution in [0.25, 0.3) is 0 Å². The first-order valence-electron chi connectivity index (χ1n) is 20.0. The third-order valence-corrected chi connectivity index (χ3v) is 10.4. The molecule has 5 rings (SSSR count). The number of hydrogen-bond acceptors (Lipinski definition) is 12. The molecule has 20 heteroatoms. The van der Waals surface area contributed by atoms with Crippen LogP contribution in [0.5, 0.6) is 11.5 Å². The monoisotopic (exact) mass is 974 g/mol. The predicted octanol–water partition coefficient (Wildman–Crippen LogP) is 11.1. The summed E-state index contributed by atoms with van der Waals surface area (Å²) in [5.41, 5.74) is 3.08. The second-order valence-corrected chi connectivity index (χ2v) is 15.4. The lowest BCUT2D eigenvalue weighted by atomic mass is 10.1. The number of amides is 4. The average molecular weight is 977 g/mol. The van der Waals surface area contributed by atoms with Crippen molar-refractivity contribution in [3.8, 4) is 11.5 Å². The van der Waals surface area contributed by atoms with E-state index in [1.807, 2.05) is 12.1 Å². The Morgan fingerprint density at radius 1 is 0.545 bits per heavy atom. The number of nitrogens with one attached hydrogen (secondary N) is 4. The first kappa shape index (κ1) is 50.3. The smallest absolute Gasteiger partial charge is 0.258 e. The van der Waals surface area contributed by atoms with E-state index in [-0.39, 0.29) is 80.4 Å². The van der Waals surface area contributed by atoms with Crippen LogP contribution in [0.3, 0.4) is 0 Å². The zero-order chi connectivity index (χ0) is 47.9. The normalized spacial score (nSPS) is 12.0. The van der Waals surface area contributed by atoms with E-state index in [2.05, 4.69) is 41.7 Å². The first-order chi connectivity index (χ1) is 31.6. The Morgan fingerprint density at radius 3 is 1.29 bits per heavy atom. The van der Waals surface area contributed by atoms with Crippen molar-refractivity contribution in [2.24, 2.45) is 20.5 Å². The van der Waals surface area contributed by atoms with E-state index < -0.39 is 47.3 Å². The summed E-state index contributed by atoms with van der Waals surface area (Å²) >= 11 is 24.6. The SMILES string of the molecule is CCOc1c(NC(=O)C(N=Nc2cc(C(=O)Nc3cccc(CCl)c3)ccc2Cl)C(C)=O)ccc(NC(=O)C(N=Nc2cc(C(=O)Nc3cccc(CCl)c3)ccc2Cl)C(C)=O)c1OCC. The van der Waals surface area contributed by atoms with Gasteiger partial charge in [-0.3, -0.25) is 28.8 Å². The Bertz CT molecular complexity index is 2530. The molecular formula is C46H42Cl4N8O8. The average Bonchev–Trinajstić information content (AvgIpc) is 3.29. The van der Waals surface area contributed by atoms with Crippen molar-refractivity contribution in [2.75, 3.05) is 34.5 Å². The molecule has 0 bridgehead atoms. The quantitative estimate of drug-likeness (QED) is 0.0333. The number of Topliss-reactive ketones (excluding diaryl/α,β-unsaturated/α-hetero) is 2. The Morgan fingerprint density at radius 2 is 0.939 bits per heavy atom. The molecule has 4 amide bonds. The van der Waals surface area contributed by atoms with E-state index in [4.69, 9.17) is 55.9 Å². The fraction of sp³-hybridized carbons (Fsp3) is 0.217. The fourth-order valence-electron chi connectivity index (χ4n) is 5.95. The van der Waals surface area contributed by atoms with Crippen molar-refractivity contribution in [3.05, 3.63) is 129 Å². The maximum absolute atomic E-state index is 13.7. The lowest BCUT2D eigenvalue weighted by Crippen LogP contribution is -2.32. The van der Waals surface area contributed by atoms with Crippen LogP contribution in [0, 0.1) is 0 Å². The molecule has 0 aromatic heterocycles. The van der Waals surface area contributed by atoms with Gasteiger partial charge >= 0.3 is 0 Å². The molecule has 0 fully saturated rings. The van der Waals surface area contributed by atoms with Gasteiger partial charge in [-0.1, -0.05) is 47.5 Å². The molecule has 0 aliphatic carbocycles. The lowest BCUT2D eigenvalue weighted by molar-refractivity contribution is -0.127. The van der Waals surface area contributed by atoms with Crippen LogP contribution in [0.1, 0.15) is 59.5 Å². The van der Waals surface area contributed by atoms with Gasteiger partial charge in [-0.15, -0.1) is 23.2 Å². The molecule has 0 saturated heterocycles. The second kappa shape index (κ2) is 24.0. The van der Waals surface area contributed by atoms with Crippen molar-refractivity contribution in [1.29, 1.82) is 0 Å². The molecule has 2 unspecified atom stereocenters. The summed E-state index contributed by atoms with van der Waals surface area (Å²) in [6.45, 7) is 5.76. The number of hydrogen-bond donors (Lipinski definition) is 4. The Kier molecular flexibility index (Phi) is 18.3. The number of rotatable bonds is 20. The number of nitrogens with zero attached hydrogens (tertiary/aromatic N) is 4. The topological polar surface area (TPSA) is 218 Å². The molecular weight excluding hydrogens is 934 g/mol. The zero-order valence-corrected chi connectivity index (χ0v) is 38.8. The second-order valence-electron chi connectivity index (χ2n) is 14.0. The highest BCUT2D eigenvalue weighted by Crippen LogP contribution is 2.42. The number of halogens is 4. The van der Waals surface area contributed by atoms with Gasteiger partial charge in [0.1, 0.15) is 11.4 Å². The van der Waals surface area contributed by atoms with E-state index in [1.165, 1.54) is 48.5 Å². The van der Waals surface area contributed by atoms with Crippen molar-refractivity contribution in [1.82, 2.24) is 0 Å². The third-order valence-electron chi connectivity index (χ3n) is 9.13. The van der Waals surface area contributed by atoms with Crippen LogP contribution < -0.4 is 30.7 Å². The van der Waals surface area contributed by atoms with Crippen LogP contribution in [0.4, 0.5) is 34.1 Å². The minimum absolute atomic E-state index is 0.0135. The van der Waals surface area contributed by atoms with Crippen molar-refractivity contribution in [3.63, 3.8) is 0 Å². The highest BCUT2D eigenvalue weighted by Gasteiger charge is 2.29. The van der Waals surface area contributed by atoms with Crippen LogP contribution in [0.15, 0.2) is 118 Å².